The third kappa shape index (κ3) is 3.79. The van der Waals surface area contributed by atoms with Gasteiger partial charge in [0.2, 0.25) is 0 Å². The first-order valence-electron chi connectivity index (χ1n) is 7.93. The summed E-state index contributed by atoms with van der Waals surface area (Å²) in [5, 5.41) is 8.19. The summed E-state index contributed by atoms with van der Waals surface area (Å²) in [7, 11) is -2.20. The van der Waals surface area contributed by atoms with Gasteiger partial charge in [0.05, 0.1) is 24.7 Å². The van der Waals surface area contributed by atoms with Crippen LogP contribution in [0.3, 0.4) is 0 Å². The average Bonchev–Trinajstić information content (AvgIpc) is 3.06. The van der Waals surface area contributed by atoms with Crippen LogP contribution in [0.2, 0.25) is 0 Å². The Hall–Kier alpha value is -2.63. The molecule has 2 aromatic carbocycles. The molecule has 8 heteroatoms. The molecular formula is C18H19N3O4P-. The lowest BCUT2D eigenvalue weighted by Gasteiger charge is -2.19. The van der Waals surface area contributed by atoms with Gasteiger partial charge in [-0.15, -0.1) is 5.10 Å². The van der Waals surface area contributed by atoms with Crippen LogP contribution in [0.25, 0.3) is 16.9 Å². The predicted octanol–water partition coefficient (Wildman–Crippen LogP) is 3.12. The lowest BCUT2D eigenvalue weighted by molar-refractivity contribution is -0.188. The topological polar surface area (TPSA) is 89.3 Å². The summed E-state index contributed by atoms with van der Waals surface area (Å²) < 4.78 is 23.3. The van der Waals surface area contributed by atoms with Crippen molar-refractivity contribution >= 4 is 7.60 Å². The molecule has 0 bridgehead atoms. The summed E-state index contributed by atoms with van der Waals surface area (Å²) >= 11 is 0. The molecule has 136 valence electrons. The van der Waals surface area contributed by atoms with Gasteiger partial charge in [-0.25, -0.2) is 4.68 Å². The molecule has 0 saturated carbocycles. The quantitative estimate of drug-likeness (QED) is 0.639. The van der Waals surface area contributed by atoms with Gasteiger partial charge in [-0.3, -0.25) is 4.57 Å². The third-order valence-corrected chi connectivity index (χ3v) is 4.58. The van der Waals surface area contributed by atoms with E-state index in [1.54, 1.807) is 42.3 Å². The van der Waals surface area contributed by atoms with E-state index in [0.717, 1.165) is 40.5 Å². The summed E-state index contributed by atoms with van der Waals surface area (Å²) in [6, 6.07) is 10.6. The molecule has 0 aliphatic carbocycles. The minimum absolute atomic E-state index is 0.265. The van der Waals surface area contributed by atoms with Crippen LogP contribution in [0.1, 0.15) is 11.1 Å². The molecule has 3 rings (SSSR count). The van der Waals surface area contributed by atoms with Crippen LogP contribution in [0, 0.1) is 13.8 Å². The number of aryl methyl sites for hydroxylation is 1. The van der Waals surface area contributed by atoms with Crippen molar-refractivity contribution in [2.45, 2.75) is 13.8 Å². The monoisotopic (exact) mass is 372 g/mol. The van der Waals surface area contributed by atoms with E-state index in [1.807, 2.05) is 26.0 Å². The van der Waals surface area contributed by atoms with Gasteiger partial charge in [0.1, 0.15) is 11.5 Å². The molecule has 0 fully saturated rings. The summed E-state index contributed by atoms with van der Waals surface area (Å²) in [5.74, 6) is 1.04. The van der Waals surface area contributed by atoms with Gasteiger partial charge in [0.25, 0.3) is 0 Å². The Balaban J connectivity index is 1.99. The number of rotatable bonds is 5. The lowest BCUT2D eigenvalue weighted by atomic mass is 10.1. The number of nitrogens with zero attached hydrogens (tertiary/aromatic N) is 3. The Morgan fingerprint density at radius 3 is 2.46 bits per heavy atom. The summed E-state index contributed by atoms with van der Waals surface area (Å²) in [6.07, 6.45) is 1.65. The van der Waals surface area contributed by atoms with E-state index in [-0.39, 0.29) is 5.75 Å². The number of aromatic nitrogens is 3. The fourth-order valence-electron chi connectivity index (χ4n) is 2.64. The van der Waals surface area contributed by atoms with Crippen molar-refractivity contribution < 1.29 is 18.7 Å². The molecule has 1 atom stereocenters. The number of methoxy groups -OCH3 is 1. The highest BCUT2D eigenvalue weighted by molar-refractivity contribution is 7.50. The fourth-order valence-corrected chi connectivity index (χ4v) is 3.15. The molecule has 0 amide bonds. The molecule has 0 radical (unpaired) electrons. The highest BCUT2D eigenvalue weighted by atomic mass is 31.2. The molecular weight excluding hydrogens is 353 g/mol. The van der Waals surface area contributed by atoms with Crippen molar-refractivity contribution in [1.29, 1.82) is 0 Å². The van der Waals surface area contributed by atoms with Crippen molar-refractivity contribution in [2.75, 3.05) is 13.8 Å². The molecule has 0 saturated heterocycles. The Labute approximate surface area is 151 Å². The van der Waals surface area contributed by atoms with Crippen LogP contribution < -0.4 is 14.2 Å². The molecule has 0 spiro atoms. The first kappa shape index (κ1) is 18.2. The molecule has 26 heavy (non-hydrogen) atoms. The highest BCUT2D eigenvalue weighted by Gasteiger charge is 2.13. The smallest absolute Gasteiger partial charge is 0.181 e. The Bertz CT molecular complexity index is 977. The Morgan fingerprint density at radius 1 is 1.15 bits per heavy atom. The number of benzene rings is 2. The zero-order valence-electron chi connectivity index (χ0n) is 15.0. The SMILES string of the molecule is COc1cc(-n2nncc2-c2ccc(OP(C)(=O)[O-])cc2)cc(C)c1C. The first-order chi connectivity index (χ1) is 12.3. The molecule has 1 heterocycles. The molecule has 3 aromatic rings. The second-order valence-corrected chi connectivity index (χ2v) is 7.73. The lowest BCUT2D eigenvalue weighted by Crippen LogP contribution is -2.05. The van der Waals surface area contributed by atoms with Crippen molar-refractivity contribution in [1.82, 2.24) is 15.0 Å². The van der Waals surface area contributed by atoms with Crippen molar-refractivity contribution in [3.63, 3.8) is 0 Å². The Morgan fingerprint density at radius 2 is 1.85 bits per heavy atom. The molecule has 0 aliphatic heterocycles. The molecule has 0 N–H and O–H groups in total. The van der Waals surface area contributed by atoms with E-state index in [1.165, 1.54) is 0 Å². The minimum atomic E-state index is -3.83. The van der Waals surface area contributed by atoms with Gasteiger partial charge in [-0.1, -0.05) is 5.21 Å². The van der Waals surface area contributed by atoms with Gasteiger partial charge in [0, 0.05) is 18.3 Å². The molecule has 0 aliphatic rings. The number of hydrogen-bond donors (Lipinski definition) is 0. The largest absolute Gasteiger partial charge is 0.769 e. The maximum Gasteiger partial charge on any atom is 0.181 e. The highest BCUT2D eigenvalue weighted by Crippen LogP contribution is 2.35. The van der Waals surface area contributed by atoms with Crippen molar-refractivity contribution in [3.8, 4) is 28.4 Å². The summed E-state index contributed by atoms with van der Waals surface area (Å²) in [5.41, 5.74) is 4.58. The second kappa shape index (κ2) is 6.94. The van der Waals surface area contributed by atoms with E-state index >= 15 is 0 Å². The summed E-state index contributed by atoms with van der Waals surface area (Å²) in [6.45, 7) is 5.05. The van der Waals surface area contributed by atoms with Crippen LogP contribution >= 0.6 is 7.60 Å². The maximum atomic E-state index is 11.2. The van der Waals surface area contributed by atoms with Gasteiger partial charge in [0.15, 0.2) is 7.60 Å². The first-order valence-corrected chi connectivity index (χ1v) is 9.92. The van der Waals surface area contributed by atoms with E-state index < -0.39 is 7.60 Å². The van der Waals surface area contributed by atoms with Gasteiger partial charge in [-0.2, -0.15) is 0 Å². The van der Waals surface area contributed by atoms with Gasteiger partial charge in [-0.05, 0) is 55.3 Å². The standard InChI is InChI=1S/C18H20N3O4P/c1-12-9-15(10-18(24-3)13(12)2)21-17(11-19-20-21)14-5-7-16(8-6-14)25-26(4,22)23/h5-11H,1-4H3,(H,22,23)/p-1. The average molecular weight is 372 g/mol. The van der Waals surface area contributed by atoms with E-state index in [4.69, 9.17) is 9.26 Å². The van der Waals surface area contributed by atoms with E-state index in [0.29, 0.717) is 0 Å². The number of ether oxygens (including phenoxy) is 1. The second-order valence-electron chi connectivity index (χ2n) is 6.01. The Kier molecular flexibility index (Phi) is 4.85. The van der Waals surface area contributed by atoms with E-state index in [2.05, 4.69) is 10.3 Å². The van der Waals surface area contributed by atoms with E-state index in [9.17, 15) is 9.46 Å². The third-order valence-electron chi connectivity index (χ3n) is 4.04. The zero-order valence-corrected chi connectivity index (χ0v) is 15.9. The zero-order chi connectivity index (χ0) is 18.9. The molecule has 1 aromatic heterocycles. The van der Waals surface area contributed by atoms with Crippen LogP contribution in [0.4, 0.5) is 0 Å². The van der Waals surface area contributed by atoms with Crippen LogP contribution in [-0.4, -0.2) is 28.8 Å². The minimum Gasteiger partial charge on any atom is -0.769 e. The van der Waals surface area contributed by atoms with Gasteiger partial charge >= 0.3 is 0 Å². The summed E-state index contributed by atoms with van der Waals surface area (Å²) in [4.78, 5) is 11.2. The number of hydrogen-bond acceptors (Lipinski definition) is 6. The van der Waals surface area contributed by atoms with Crippen LogP contribution in [-0.2, 0) is 4.57 Å². The molecule has 7 nitrogen and oxygen atoms in total. The van der Waals surface area contributed by atoms with Crippen molar-refractivity contribution in [3.05, 3.63) is 53.7 Å². The van der Waals surface area contributed by atoms with Crippen LogP contribution in [0.15, 0.2) is 42.6 Å². The van der Waals surface area contributed by atoms with Crippen LogP contribution in [0.5, 0.6) is 11.5 Å². The van der Waals surface area contributed by atoms with Gasteiger partial charge < -0.3 is 14.2 Å². The predicted molar refractivity (Wildman–Crippen MR) is 97.0 cm³/mol. The molecule has 1 unspecified atom stereocenters. The normalized spacial score (nSPS) is 13.3. The fraction of sp³-hybridized carbons (Fsp3) is 0.222. The maximum absolute atomic E-state index is 11.2. The van der Waals surface area contributed by atoms with Crippen molar-refractivity contribution in [2.24, 2.45) is 0 Å².